The number of amides is 3. The topological polar surface area (TPSA) is 70.2 Å². The maximum Gasteiger partial charge on any atom is 0.315 e. The highest BCUT2D eigenvalue weighted by molar-refractivity contribution is 7.09. The van der Waals surface area contributed by atoms with Gasteiger partial charge in [-0.25, -0.2) is 4.79 Å². The Morgan fingerprint density at radius 1 is 1.10 bits per heavy atom. The van der Waals surface area contributed by atoms with Crippen molar-refractivity contribution in [2.45, 2.75) is 20.0 Å². The molecule has 0 fully saturated rings. The van der Waals surface area contributed by atoms with Crippen molar-refractivity contribution in [1.29, 1.82) is 0 Å². The second-order valence-electron chi connectivity index (χ2n) is 4.50. The first-order chi connectivity index (χ1) is 10.1. The molecule has 6 heteroatoms. The Morgan fingerprint density at radius 3 is 2.62 bits per heavy atom. The Bertz CT molecular complexity index is 611. The van der Waals surface area contributed by atoms with Crippen LogP contribution in [0.5, 0.6) is 0 Å². The minimum atomic E-state index is -0.215. The molecule has 1 heterocycles. The Labute approximate surface area is 127 Å². The van der Waals surface area contributed by atoms with Crippen LogP contribution in [0, 0.1) is 0 Å². The summed E-state index contributed by atoms with van der Waals surface area (Å²) in [7, 11) is 0. The number of carbonyl (C=O) groups is 2. The minimum Gasteiger partial charge on any atom is -0.334 e. The summed E-state index contributed by atoms with van der Waals surface area (Å²) in [5.74, 6) is -0.117. The normalized spacial score (nSPS) is 9.95. The summed E-state index contributed by atoms with van der Waals surface area (Å²) < 4.78 is 0. The van der Waals surface area contributed by atoms with E-state index in [0.29, 0.717) is 13.1 Å². The zero-order valence-electron chi connectivity index (χ0n) is 11.7. The lowest BCUT2D eigenvalue weighted by Crippen LogP contribution is -2.34. The van der Waals surface area contributed by atoms with Gasteiger partial charge in [0.2, 0.25) is 5.91 Å². The number of thiophene rings is 1. The van der Waals surface area contributed by atoms with Crippen molar-refractivity contribution in [2.75, 3.05) is 5.32 Å². The molecule has 1 aromatic carbocycles. The van der Waals surface area contributed by atoms with Gasteiger partial charge in [-0.1, -0.05) is 18.2 Å². The van der Waals surface area contributed by atoms with Crippen molar-refractivity contribution in [3.63, 3.8) is 0 Å². The van der Waals surface area contributed by atoms with E-state index in [9.17, 15) is 9.59 Å². The maximum absolute atomic E-state index is 11.7. The van der Waals surface area contributed by atoms with E-state index in [0.717, 1.165) is 16.1 Å². The molecule has 21 heavy (non-hydrogen) atoms. The molecule has 0 unspecified atom stereocenters. The van der Waals surface area contributed by atoms with Crippen molar-refractivity contribution in [1.82, 2.24) is 10.6 Å². The average Bonchev–Trinajstić information content (AvgIpc) is 2.96. The Morgan fingerprint density at radius 2 is 1.90 bits per heavy atom. The van der Waals surface area contributed by atoms with Gasteiger partial charge in [0.1, 0.15) is 0 Å². The summed E-state index contributed by atoms with van der Waals surface area (Å²) in [5.41, 5.74) is 1.65. The fourth-order valence-electron chi connectivity index (χ4n) is 1.79. The van der Waals surface area contributed by atoms with Gasteiger partial charge in [0.25, 0.3) is 0 Å². The molecule has 2 aromatic rings. The minimum absolute atomic E-state index is 0.117. The van der Waals surface area contributed by atoms with Crippen LogP contribution in [-0.2, 0) is 17.9 Å². The van der Waals surface area contributed by atoms with E-state index >= 15 is 0 Å². The highest BCUT2D eigenvalue weighted by Gasteiger charge is 2.02. The fourth-order valence-corrected chi connectivity index (χ4v) is 2.43. The van der Waals surface area contributed by atoms with E-state index in [2.05, 4.69) is 16.0 Å². The largest absolute Gasteiger partial charge is 0.334 e. The van der Waals surface area contributed by atoms with Crippen molar-refractivity contribution in [3.05, 3.63) is 52.2 Å². The number of carbonyl (C=O) groups excluding carboxylic acids is 2. The van der Waals surface area contributed by atoms with Crippen LogP contribution in [-0.4, -0.2) is 11.9 Å². The summed E-state index contributed by atoms with van der Waals surface area (Å²) in [5, 5.41) is 10.3. The summed E-state index contributed by atoms with van der Waals surface area (Å²) in [6, 6.07) is 11.1. The summed E-state index contributed by atoms with van der Waals surface area (Å²) >= 11 is 1.60. The molecule has 0 radical (unpaired) electrons. The van der Waals surface area contributed by atoms with Gasteiger partial charge in [0.15, 0.2) is 0 Å². The molecule has 0 spiro atoms. The molecular formula is C15H17N3O2S. The number of anilines is 1. The van der Waals surface area contributed by atoms with Gasteiger partial charge >= 0.3 is 6.03 Å². The number of nitrogens with one attached hydrogen (secondary N) is 3. The highest BCUT2D eigenvalue weighted by atomic mass is 32.1. The number of rotatable bonds is 5. The van der Waals surface area contributed by atoms with Crippen LogP contribution >= 0.6 is 11.3 Å². The third-order valence-corrected chi connectivity index (χ3v) is 3.58. The molecule has 2 rings (SSSR count). The number of benzene rings is 1. The third-order valence-electron chi connectivity index (χ3n) is 2.70. The van der Waals surface area contributed by atoms with Crippen molar-refractivity contribution in [2.24, 2.45) is 0 Å². The standard InChI is InChI=1S/C15H17N3O2S/c1-11(19)18-13-5-2-4-12(8-13)9-16-15(20)17-10-14-6-3-7-21-14/h2-8H,9-10H2,1H3,(H,18,19)(H2,16,17,20). The van der Waals surface area contributed by atoms with E-state index in [-0.39, 0.29) is 11.9 Å². The zero-order chi connectivity index (χ0) is 15.1. The number of hydrogen-bond acceptors (Lipinski definition) is 3. The Hall–Kier alpha value is -2.34. The lowest BCUT2D eigenvalue weighted by molar-refractivity contribution is -0.114. The highest BCUT2D eigenvalue weighted by Crippen LogP contribution is 2.10. The second-order valence-corrected chi connectivity index (χ2v) is 5.53. The summed E-state index contributed by atoms with van der Waals surface area (Å²) in [4.78, 5) is 23.8. The number of urea groups is 1. The smallest absolute Gasteiger partial charge is 0.315 e. The molecule has 0 aliphatic rings. The first kappa shape index (κ1) is 15.1. The molecule has 110 valence electrons. The van der Waals surface area contributed by atoms with Crippen molar-refractivity contribution >= 4 is 29.0 Å². The van der Waals surface area contributed by atoms with Crippen molar-refractivity contribution in [3.8, 4) is 0 Å². The van der Waals surface area contributed by atoms with E-state index in [1.165, 1.54) is 6.92 Å². The lowest BCUT2D eigenvalue weighted by Gasteiger charge is -2.08. The van der Waals surface area contributed by atoms with E-state index in [1.54, 1.807) is 11.3 Å². The lowest BCUT2D eigenvalue weighted by atomic mass is 10.2. The van der Waals surface area contributed by atoms with Crippen LogP contribution < -0.4 is 16.0 Å². The first-order valence-corrected chi connectivity index (χ1v) is 7.42. The van der Waals surface area contributed by atoms with E-state index in [1.807, 2.05) is 41.8 Å². The molecule has 0 saturated heterocycles. The average molecular weight is 303 g/mol. The van der Waals surface area contributed by atoms with Crippen LogP contribution in [0.1, 0.15) is 17.4 Å². The monoisotopic (exact) mass is 303 g/mol. The predicted octanol–water partition coefficient (Wildman–Crippen LogP) is 2.71. The van der Waals surface area contributed by atoms with Gasteiger partial charge in [-0.2, -0.15) is 0 Å². The second kappa shape index (κ2) is 7.44. The van der Waals surface area contributed by atoms with Gasteiger partial charge in [-0.05, 0) is 29.1 Å². The predicted molar refractivity (Wildman–Crippen MR) is 84.1 cm³/mol. The third kappa shape index (κ3) is 5.27. The molecule has 3 amide bonds. The quantitative estimate of drug-likeness (QED) is 0.795. The van der Waals surface area contributed by atoms with E-state index < -0.39 is 0 Å². The maximum atomic E-state index is 11.7. The molecule has 0 saturated carbocycles. The SMILES string of the molecule is CC(=O)Nc1cccc(CNC(=O)NCc2cccs2)c1. The first-order valence-electron chi connectivity index (χ1n) is 6.54. The summed E-state index contributed by atoms with van der Waals surface area (Å²) in [6.07, 6.45) is 0. The summed E-state index contributed by atoms with van der Waals surface area (Å²) in [6.45, 7) is 2.39. The van der Waals surface area contributed by atoms with Crippen LogP contribution in [0.3, 0.4) is 0 Å². The van der Waals surface area contributed by atoms with Crippen LogP contribution in [0.25, 0.3) is 0 Å². The van der Waals surface area contributed by atoms with Gasteiger partial charge in [0.05, 0.1) is 6.54 Å². The van der Waals surface area contributed by atoms with Gasteiger partial charge in [-0.3, -0.25) is 4.79 Å². The van der Waals surface area contributed by atoms with Gasteiger partial charge < -0.3 is 16.0 Å². The molecule has 0 atom stereocenters. The molecule has 0 bridgehead atoms. The molecule has 0 aliphatic carbocycles. The van der Waals surface area contributed by atoms with Crippen LogP contribution in [0.2, 0.25) is 0 Å². The molecule has 0 aliphatic heterocycles. The van der Waals surface area contributed by atoms with E-state index in [4.69, 9.17) is 0 Å². The fraction of sp³-hybridized carbons (Fsp3) is 0.200. The van der Waals surface area contributed by atoms with Gasteiger partial charge in [-0.15, -0.1) is 11.3 Å². The Kier molecular flexibility index (Phi) is 5.34. The van der Waals surface area contributed by atoms with Gasteiger partial charge in [0, 0.05) is 24.0 Å². The number of hydrogen-bond donors (Lipinski definition) is 3. The van der Waals surface area contributed by atoms with Crippen molar-refractivity contribution < 1.29 is 9.59 Å². The van der Waals surface area contributed by atoms with Crippen LogP contribution in [0.4, 0.5) is 10.5 Å². The van der Waals surface area contributed by atoms with Crippen LogP contribution in [0.15, 0.2) is 41.8 Å². The molecule has 1 aromatic heterocycles. The molecular weight excluding hydrogens is 286 g/mol. The molecule has 3 N–H and O–H groups in total. The zero-order valence-corrected chi connectivity index (χ0v) is 12.5. The molecule has 5 nitrogen and oxygen atoms in total. The Balaban J connectivity index is 1.79.